The van der Waals surface area contributed by atoms with Crippen molar-refractivity contribution in [2.75, 3.05) is 19.6 Å². The Bertz CT molecular complexity index is 1050. The molecule has 1 unspecified atom stereocenters. The number of ketones is 1. The van der Waals surface area contributed by atoms with E-state index in [0.29, 0.717) is 23.4 Å². The summed E-state index contributed by atoms with van der Waals surface area (Å²) >= 11 is 5.97. The molecule has 1 heterocycles. The molecule has 0 bridgehead atoms. The molecule has 1 aliphatic rings. The van der Waals surface area contributed by atoms with Crippen LogP contribution in [-0.4, -0.2) is 50.4 Å². The third kappa shape index (κ3) is 6.32. The Morgan fingerprint density at radius 1 is 1.00 bits per heavy atom. The predicted molar refractivity (Wildman–Crippen MR) is 132 cm³/mol. The summed E-state index contributed by atoms with van der Waals surface area (Å²) in [5.41, 5.74) is 0.636. The summed E-state index contributed by atoms with van der Waals surface area (Å²) in [6.07, 6.45) is 2.04. The fourth-order valence-electron chi connectivity index (χ4n) is 4.20. The van der Waals surface area contributed by atoms with Crippen molar-refractivity contribution in [1.29, 1.82) is 0 Å². The first-order chi connectivity index (χ1) is 15.9. The van der Waals surface area contributed by atoms with E-state index in [9.17, 15) is 14.3 Å². The number of likely N-dealkylation sites (tertiary alicyclic amines) is 1. The van der Waals surface area contributed by atoms with Gasteiger partial charge in [0.15, 0.2) is 0 Å². The second kappa shape index (κ2) is 10.9. The monoisotopic (exact) mass is 531 g/mol. The molecule has 1 fully saturated rings. The van der Waals surface area contributed by atoms with Gasteiger partial charge in [-0.05, 0) is 0 Å². The molecule has 3 aromatic carbocycles. The molecule has 0 radical (unpaired) electrons. The normalized spacial score (nSPS) is 16.9. The minimum atomic E-state index is -0.835. The Balaban J connectivity index is 1.40. The van der Waals surface area contributed by atoms with Crippen LogP contribution < -0.4 is 4.46 Å². The van der Waals surface area contributed by atoms with Gasteiger partial charge in [0.25, 0.3) is 0 Å². The van der Waals surface area contributed by atoms with E-state index in [-0.39, 0.29) is 31.4 Å². The van der Waals surface area contributed by atoms with Crippen LogP contribution in [0.25, 0.3) is 0 Å². The van der Waals surface area contributed by atoms with E-state index in [2.05, 4.69) is 17.0 Å². The molecule has 6 heteroatoms. The van der Waals surface area contributed by atoms with Gasteiger partial charge in [0.2, 0.25) is 0 Å². The second-order valence-electron chi connectivity index (χ2n) is 8.46. The third-order valence-electron chi connectivity index (χ3n) is 6.22. The van der Waals surface area contributed by atoms with Gasteiger partial charge in [-0.25, -0.2) is 0 Å². The van der Waals surface area contributed by atoms with Gasteiger partial charge in [-0.3, -0.25) is 0 Å². The van der Waals surface area contributed by atoms with E-state index >= 15 is 0 Å². The number of nitrogens with zero attached hydrogens (tertiary/aromatic N) is 1. The number of carbonyl (C=O) groups excluding carboxylic acids is 1. The third-order valence-corrected chi connectivity index (χ3v) is 9.15. The van der Waals surface area contributed by atoms with Crippen LogP contribution in [-0.2, 0) is 5.60 Å². The number of rotatable bonds is 8. The molecule has 1 saturated heterocycles. The Labute approximate surface area is 205 Å². The van der Waals surface area contributed by atoms with Gasteiger partial charge in [0, 0.05) is 0 Å². The van der Waals surface area contributed by atoms with E-state index in [4.69, 9.17) is 11.6 Å². The minimum absolute atomic E-state index is 0.0213. The summed E-state index contributed by atoms with van der Waals surface area (Å²) in [4.78, 5) is 15.5. The molecule has 0 amide bonds. The molecular weight excluding hydrogens is 504 g/mol. The van der Waals surface area contributed by atoms with Gasteiger partial charge in [-0.2, -0.15) is 0 Å². The molecule has 1 N–H and O–H groups in total. The number of aliphatic hydroxyl groups is 1. The Morgan fingerprint density at radius 2 is 1.64 bits per heavy atom. The molecule has 1 aliphatic heterocycles. The molecular formula is C27H27ClFNO2Se. The Hall–Kier alpha value is -2.01. The standard InChI is InChI=1S/C27H27ClFNO2Se/c28-22-10-8-21(9-11-22)27(32)15-18-30(19-16-27)17-14-25(33-24-4-2-1-3-5-24)26(31)20-6-12-23(29)13-7-20/h1-13,25,32H,14-19H2. The van der Waals surface area contributed by atoms with Crippen LogP contribution in [0.2, 0.25) is 9.84 Å². The zero-order valence-corrected chi connectivity index (χ0v) is 20.8. The van der Waals surface area contributed by atoms with Gasteiger partial charge >= 0.3 is 206 Å². The number of Topliss-reactive ketones (excluding diaryl/α,β-unsaturated/α-hetero) is 1. The summed E-state index contributed by atoms with van der Waals surface area (Å²) in [7, 11) is 0. The molecule has 172 valence electrons. The van der Waals surface area contributed by atoms with Crippen molar-refractivity contribution in [2.24, 2.45) is 0 Å². The molecule has 3 nitrogen and oxygen atoms in total. The van der Waals surface area contributed by atoms with Crippen molar-refractivity contribution in [3.05, 3.63) is 101 Å². The second-order valence-corrected chi connectivity index (χ2v) is 11.6. The van der Waals surface area contributed by atoms with Crippen molar-refractivity contribution >= 4 is 36.8 Å². The van der Waals surface area contributed by atoms with E-state index in [1.54, 1.807) is 12.1 Å². The van der Waals surface area contributed by atoms with Gasteiger partial charge in [0.05, 0.1) is 0 Å². The maximum atomic E-state index is 13.4. The van der Waals surface area contributed by atoms with Crippen molar-refractivity contribution in [2.45, 2.75) is 29.7 Å². The number of benzene rings is 3. The van der Waals surface area contributed by atoms with Crippen LogP contribution in [0.4, 0.5) is 4.39 Å². The van der Waals surface area contributed by atoms with Crippen LogP contribution in [0, 0.1) is 5.82 Å². The van der Waals surface area contributed by atoms with Crippen molar-refractivity contribution in [3.8, 4) is 0 Å². The molecule has 0 saturated carbocycles. The average Bonchev–Trinajstić information content (AvgIpc) is 2.84. The van der Waals surface area contributed by atoms with Gasteiger partial charge in [0.1, 0.15) is 0 Å². The Kier molecular flexibility index (Phi) is 8.00. The molecule has 3 aromatic rings. The molecule has 0 spiro atoms. The van der Waals surface area contributed by atoms with E-state index in [1.807, 2.05) is 42.5 Å². The molecule has 33 heavy (non-hydrogen) atoms. The van der Waals surface area contributed by atoms with Crippen LogP contribution in [0.15, 0.2) is 78.9 Å². The number of piperidine rings is 1. The van der Waals surface area contributed by atoms with Gasteiger partial charge in [-0.1, -0.05) is 0 Å². The number of halogens is 2. The summed E-state index contributed by atoms with van der Waals surface area (Å²) in [6.45, 7) is 2.34. The first-order valence-corrected chi connectivity index (χ1v) is 13.4. The topological polar surface area (TPSA) is 40.5 Å². The summed E-state index contributed by atoms with van der Waals surface area (Å²) in [6, 6.07) is 23.4. The van der Waals surface area contributed by atoms with E-state index in [1.165, 1.54) is 16.6 Å². The SMILES string of the molecule is O=C(c1ccc(F)cc1)C(CCN1CCC(O)(c2ccc(Cl)cc2)CC1)[Se]c1ccccc1. The molecule has 1 atom stereocenters. The van der Waals surface area contributed by atoms with Crippen LogP contribution in [0.3, 0.4) is 0 Å². The zero-order chi connectivity index (χ0) is 23.3. The van der Waals surface area contributed by atoms with Gasteiger partial charge in [-0.15, -0.1) is 0 Å². The van der Waals surface area contributed by atoms with Crippen molar-refractivity contribution in [1.82, 2.24) is 4.90 Å². The maximum absolute atomic E-state index is 13.4. The Morgan fingerprint density at radius 3 is 2.27 bits per heavy atom. The van der Waals surface area contributed by atoms with E-state index in [0.717, 1.165) is 31.6 Å². The summed E-state index contributed by atoms with van der Waals surface area (Å²) in [5, 5.41) is 11.8. The number of carbonyl (C=O) groups is 1. The van der Waals surface area contributed by atoms with Crippen LogP contribution in [0.1, 0.15) is 35.2 Å². The number of hydrogen-bond donors (Lipinski definition) is 1. The van der Waals surface area contributed by atoms with E-state index < -0.39 is 5.60 Å². The number of hydrogen-bond acceptors (Lipinski definition) is 3. The fraction of sp³-hybridized carbons (Fsp3) is 0.296. The molecule has 0 aliphatic carbocycles. The van der Waals surface area contributed by atoms with Crippen LogP contribution >= 0.6 is 11.6 Å². The predicted octanol–water partition coefficient (Wildman–Crippen LogP) is 4.85. The zero-order valence-electron chi connectivity index (χ0n) is 18.3. The molecule has 0 aromatic heterocycles. The first kappa shape index (κ1) is 24.1. The summed E-state index contributed by atoms with van der Waals surface area (Å²) < 4.78 is 14.5. The molecule has 4 rings (SSSR count). The van der Waals surface area contributed by atoms with Crippen molar-refractivity contribution in [3.63, 3.8) is 0 Å². The van der Waals surface area contributed by atoms with Gasteiger partial charge < -0.3 is 0 Å². The fourth-order valence-corrected chi connectivity index (χ4v) is 6.66. The quantitative estimate of drug-likeness (QED) is 0.334. The van der Waals surface area contributed by atoms with Crippen molar-refractivity contribution < 1.29 is 14.3 Å². The first-order valence-electron chi connectivity index (χ1n) is 11.2. The van der Waals surface area contributed by atoms with Crippen LogP contribution in [0.5, 0.6) is 0 Å². The average molecular weight is 531 g/mol. The summed E-state index contributed by atoms with van der Waals surface area (Å²) in [5.74, 6) is -0.258.